The summed E-state index contributed by atoms with van der Waals surface area (Å²) in [6, 6.07) is 3.52. The molecule has 20 heavy (non-hydrogen) atoms. The van der Waals surface area contributed by atoms with Gasteiger partial charge in [-0.15, -0.1) is 0 Å². The van der Waals surface area contributed by atoms with Crippen molar-refractivity contribution in [3.8, 4) is 11.5 Å². The number of aryl methyl sites for hydroxylation is 1. The van der Waals surface area contributed by atoms with Crippen molar-refractivity contribution in [2.45, 2.75) is 53.4 Å². The minimum Gasteiger partial charge on any atom is -0.508 e. The number of rotatable bonds is 6. The molecule has 2 heteroatoms. The molecule has 0 aromatic heterocycles. The Morgan fingerprint density at radius 1 is 1.05 bits per heavy atom. The Hall–Kier alpha value is -1.70. The molecule has 0 unspecified atom stereocenters. The molecule has 110 valence electrons. The van der Waals surface area contributed by atoms with E-state index >= 15 is 0 Å². The summed E-state index contributed by atoms with van der Waals surface area (Å²) in [5.41, 5.74) is 4.13. The first-order valence-electron chi connectivity index (χ1n) is 7.26. The molecule has 0 fully saturated rings. The van der Waals surface area contributed by atoms with Gasteiger partial charge in [0.05, 0.1) is 0 Å². The number of hydrogen-bond acceptors (Lipinski definition) is 2. The summed E-state index contributed by atoms with van der Waals surface area (Å²) in [6.45, 7) is 8.31. The van der Waals surface area contributed by atoms with Crippen molar-refractivity contribution in [2.75, 3.05) is 0 Å². The number of phenols is 2. The van der Waals surface area contributed by atoms with E-state index in [2.05, 4.69) is 39.8 Å². The molecule has 0 radical (unpaired) electrons. The first-order valence-corrected chi connectivity index (χ1v) is 7.26. The van der Waals surface area contributed by atoms with Crippen molar-refractivity contribution < 1.29 is 10.2 Å². The van der Waals surface area contributed by atoms with Gasteiger partial charge in [-0.2, -0.15) is 0 Å². The van der Waals surface area contributed by atoms with E-state index in [4.69, 9.17) is 0 Å². The van der Waals surface area contributed by atoms with Crippen LogP contribution in [0.1, 0.15) is 51.7 Å². The number of aromatic hydroxyl groups is 2. The molecule has 0 amide bonds. The minimum atomic E-state index is 0.194. The van der Waals surface area contributed by atoms with E-state index in [1.807, 2.05) is 0 Å². The monoisotopic (exact) mass is 274 g/mol. The van der Waals surface area contributed by atoms with E-state index in [-0.39, 0.29) is 11.5 Å². The molecule has 0 aliphatic heterocycles. The van der Waals surface area contributed by atoms with Crippen LogP contribution in [0.25, 0.3) is 0 Å². The summed E-state index contributed by atoms with van der Waals surface area (Å²) < 4.78 is 0. The molecule has 2 nitrogen and oxygen atoms in total. The van der Waals surface area contributed by atoms with Gasteiger partial charge < -0.3 is 10.2 Å². The molecule has 2 N–H and O–H groups in total. The molecule has 0 aliphatic carbocycles. The SMILES string of the molecule is CCCc1cc(O)c(C/C=C(/C)CC=C(C)C)c(O)c1. The number of benzene rings is 1. The smallest absolute Gasteiger partial charge is 0.123 e. The largest absolute Gasteiger partial charge is 0.508 e. The van der Waals surface area contributed by atoms with E-state index in [1.165, 1.54) is 11.1 Å². The molecule has 0 heterocycles. The molecule has 0 saturated heterocycles. The molecule has 0 spiro atoms. The molecule has 1 rings (SSSR count). The summed E-state index contributed by atoms with van der Waals surface area (Å²) in [5, 5.41) is 20.1. The highest BCUT2D eigenvalue weighted by Crippen LogP contribution is 2.30. The third-order valence-electron chi connectivity index (χ3n) is 3.29. The van der Waals surface area contributed by atoms with Gasteiger partial charge in [0.2, 0.25) is 0 Å². The van der Waals surface area contributed by atoms with Crippen LogP contribution >= 0.6 is 0 Å². The average Bonchev–Trinajstić information content (AvgIpc) is 2.35. The van der Waals surface area contributed by atoms with Crippen molar-refractivity contribution >= 4 is 0 Å². The van der Waals surface area contributed by atoms with Gasteiger partial charge >= 0.3 is 0 Å². The predicted octanol–water partition coefficient (Wildman–Crippen LogP) is 4.90. The zero-order chi connectivity index (χ0) is 15.1. The molecule has 0 atom stereocenters. The van der Waals surface area contributed by atoms with Crippen molar-refractivity contribution in [1.29, 1.82) is 0 Å². The lowest BCUT2D eigenvalue weighted by Gasteiger charge is -2.09. The standard InChI is InChI=1S/C18H26O2/c1-5-6-15-11-17(19)16(18(20)12-15)10-9-14(4)8-7-13(2)3/h7,9,11-12,19-20H,5-6,8,10H2,1-4H3/b14-9-. The fourth-order valence-electron chi connectivity index (χ4n) is 2.07. The summed E-state index contributed by atoms with van der Waals surface area (Å²) >= 11 is 0. The van der Waals surface area contributed by atoms with Crippen molar-refractivity contribution in [3.05, 3.63) is 46.6 Å². The maximum Gasteiger partial charge on any atom is 0.123 e. The van der Waals surface area contributed by atoms with Crippen LogP contribution in [0.15, 0.2) is 35.4 Å². The lowest BCUT2D eigenvalue weighted by Crippen LogP contribution is -1.90. The zero-order valence-electron chi connectivity index (χ0n) is 13.0. The Labute approximate surface area is 122 Å². The fraction of sp³-hybridized carbons (Fsp3) is 0.444. The highest BCUT2D eigenvalue weighted by atomic mass is 16.3. The third kappa shape index (κ3) is 5.12. The average molecular weight is 274 g/mol. The summed E-state index contributed by atoms with van der Waals surface area (Å²) in [5.74, 6) is 0.388. The number of phenolic OH excluding ortho intramolecular Hbond substituents is 2. The van der Waals surface area contributed by atoms with E-state index in [0.717, 1.165) is 24.8 Å². The molecule has 0 saturated carbocycles. The maximum absolute atomic E-state index is 10.0. The summed E-state index contributed by atoms with van der Waals surface area (Å²) in [6.07, 6.45) is 7.59. The number of hydrogen-bond donors (Lipinski definition) is 2. The summed E-state index contributed by atoms with van der Waals surface area (Å²) in [7, 11) is 0. The van der Waals surface area contributed by atoms with Crippen LogP contribution in [0, 0.1) is 0 Å². The Balaban J connectivity index is 2.82. The van der Waals surface area contributed by atoms with Gasteiger partial charge in [0.1, 0.15) is 11.5 Å². The minimum absolute atomic E-state index is 0.194. The van der Waals surface area contributed by atoms with Crippen molar-refractivity contribution in [3.63, 3.8) is 0 Å². The molecule has 1 aromatic carbocycles. The van der Waals surface area contributed by atoms with Crippen LogP contribution < -0.4 is 0 Å². The Kier molecular flexibility index (Phi) is 6.37. The molecule has 1 aromatic rings. The zero-order valence-corrected chi connectivity index (χ0v) is 13.0. The number of allylic oxidation sites excluding steroid dienone is 4. The lowest BCUT2D eigenvalue weighted by molar-refractivity contribution is 0.439. The topological polar surface area (TPSA) is 40.5 Å². The second kappa shape index (κ2) is 7.78. The molecule has 0 aliphatic rings. The van der Waals surface area contributed by atoms with Crippen LogP contribution in [0.5, 0.6) is 11.5 Å². The van der Waals surface area contributed by atoms with Gasteiger partial charge in [-0.1, -0.05) is 36.6 Å². The van der Waals surface area contributed by atoms with Gasteiger partial charge in [-0.25, -0.2) is 0 Å². The molecule has 0 bridgehead atoms. The Morgan fingerprint density at radius 3 is 2.15 bits per heavy atom. The quantitative estimate of drug-likeness (QED) is 0.725. The normalized spacial score (nSPS) is 11.5. The first kappa shape index (κ1) is 16.4. The van der Waals surface area contributed by atoms with Crippen molar-refractivity contribution in [1.82, 2.24) is 0 Å². The van der Waals surface area contributed by atoms with Crippen LogP contribution in [0.4, 0.5) is 0 Å². The van der Waals surface area contributed by atoms with Crippen LogP contribution in [-0.4, -0.2) is 10.2 Å². The van der Waals surface area contributed by atoms with E-state index in [0.29, 0.717) is 12.0 Å². The lowest BCUT2D eigenvalue weighted by atomic mass is 10.0. The van der Waals surface area contributed by atoms with Crippen molar-refractivity contribution in [2.24, 2.45) is 0 Å². The predicted molar refractivity (Wildman–Crippen MR) is 85.3 cm³/mol. The van der Waals surface area contributed by atoms with Crippen LogP contribution in [-0.2, 0) is 12.8 Å². The fourth-order valence-corrected chi connectivity index (χ4v) is 2.07. The molecular weight excluding hydrogens is 248 g/mol. The van der Waals surface area contributed by atoms with Gasteiger partial charge in [0.15, 0.2) is 0 Å². The van der Waals surface area contributed by atoms with Crippen LogP contribution in [0.2, 0.25) is 0 Å². The van der Waals surface area contributed by atoms with E-state index in [9.17, 15) is 10.2 Å². The van der Waals surface area contributed by atoms with E-state index < -0.39 is 0 Å². The second-order valence-electron chi connectivity index (χ2n) is 5.60. The third-order valence-corrected chi connectivity index (χ3v) is 3.29. The second-order valence-corrected chi connectivity index (χ2v) is 5.60. The van der Waals surface area contributed by atoms with E-state index in [1.54, 1.807) is 12.1 Å². The Morgan fingerprint density at radius 2 is 1.65 bits per heavy atom. The van der Waals surface area contributed by atoms with Gasteiger partial charge in [-0.05, 0) is 57.7 Å². The van der Waals surface area contributed by atoms with Crippen LogP contribution in [0.3, 0.4) is 0 Å². The first-order chi connectivity index (χ1) is 9.43. The highest BCUT2D eigenvalue weighted by Gasteiger charge is 2.08. The Bertz CT molecular complexity index is 483. The summed E-state index contributed by atoms with van der Waals surface area (Å²) in [4.78, 5) is 0. The molecular formula is C18H26O2. The maximum atomic E-state index is 10.0. The van der Waals surface area contributed by atoms with Gasteiger partial charge in [0, 0.05) is 5.56 Å². The van der Waals surface area contributed by atoms with Gasteiger partial charge in [0.25, 0.3) is 0 Å². The highest BCUT2D eigenvalue weighted by molar-refractivity contribution is 5.47. The van der Waals surface area contributed by atoms with Gasteiger partial charge in [-0.3, -0.25) is 0 Å².